The van der Waals surface area contributed by atoms with E-state index >= 15 is 0 Å². The maximum Gasteiger partial charge on any atom is 0.335 e. The fourth-order valence-corrected chi connectivity index (χ4v) is 1.42. The molecule has 0 aromatic heterocycles. The molecule has 3 nitrogen and oxygen atoms in total. The third-order valence-electron chi connectivity index (χ3n) is 2.07. The van der Waals surface area contributed by atoms with Crippen molar-refractivity contribution in [3.8, 4) is 0 Å². The second kappa shape index (κ2) is 3.92. The van der Waals surface area contributed by atoms with Crippen LogP contribution in [0.4, 0.5) is 5.69 Å². The minimum Gasteiger partial charge on any atom is -0.478 e. The van der Waals surface area contributed by atoms with Crippen molar-refractivity contribution in [1.29, 1.82) is 0 Å². The third-order valence-corrected chi connectivity index (χ3v) is 2.07. The van der Waals surface area contributed by atoms with E-state index in [4.69, 9.17) is 5.11 Å². The van der Waals surface area contributed by atoms with Crippen LogP contribution in [0.15, 0.2) is 18.2 Å². The normalized spacial score (nSPS) is 12.6. The molecule has 68 valence electrons. The average molecular weight is 347 g/mol. The summed E-state index contributed by atoms with van der Waals surface area (Å²) in [6.07, 6.45) is 0.995. The van der Waals surface area contributed by atoms with E-state index in [0.717, 1.165) is 18.7 Å². The van der Waals surface area contributed by atoms with Gasteiger partial charge in [-0.3, -0.25) is 0 Å². The summed E-state index contributed by atoms with van der Waals surface area (Å²) in [5.74, 6) is -0.869. The predicted molar refractivity (Wildman–Crippen MR) is 45.6 cm³/mol. The standard InChI is InChI=1S/C9H9NO2.W/c11-9(12)7-2-1-6-3-4-10-8(6)5-7;/h1-2,5,10H,3-4H2,(H,11,12);. The van der Waals surface area contributed by atoms with Crippen LogP contribution in [0.1, 0.15) is 15.9 Å². The van der Waals surface area contributed by atoms with Crippen molar-refractivity contribution in [2.24, 2.45) is 0 Å². The van der Waals surface area contributed by atoms with E-state index in [9.17, 15) is 4.79 Å². The summed E-state index contributed by atoms with van der Waals surface area (Å²) < 4.78 is 0. The maximum atomic E-state index is 10.6. The molecule has 0 aliphatic carbocycles. The number of benzene rings is 1. The Kier molecular flexibility index (Phi) is 3.10. The average Bonchev–Trinajstić information content (AvgIpc) is 2.49. The van der Waals surface area contributed by atoms with Gasteiger partial charge in [0.2, 0.25) is 0 Å². The number of carboxylic acids is 1. The van der Waals surface area contributed by atoms with Crippen molar-refractivity contribution in [3.05, 3.63) is 29.3 Å². The van der Waals surface area contributed by atoms with Gasteiger partial charge in [-0.1, -0.05) is 6.07 Å². The number of hydrogen-bond donors (Lipinski definition) is 2. The summed E-state index contributed by atoms with van der Waals surface area (Å²) in [5.41, 5.74) is 2.53. The predicted octanol–water partition coefficient (Wildman–Crippen LogP) is 1.35. The van der Waals surface area contributed by atoms with Crippen LogP contribution in [0.25, 0.3) is 0 Å². The minimum atomic E-state index is -0.869. The van der Waals surface area contributed by atoms with E-state index in [1.165, 1.54) is 5.56 Å². The van der Waals surface area contributed by atoms with Crippen LogP contribution in [0.2, 0.25) is 0 Å². The monoisotopic (exact) mass is 347 g/mol. The second-order valence-electron chi connectivity index (χ2n) is 2.85. The molecule has 0 radical (unpaired) electrons. The Balaban J connectivity index is 0.000000845. The zero-order valence-corrected chi connectivity index (χ0v) is 9.84. The molecule has 1 aliphatic rings. The molecule has 1 aliphatic heterocycles. The number of aromatic carboxylic acids is 1. The zero-order valence-electron chi connectivity index (χ0n) is 6.91. The Morgan fingerprint density at radius 3 is 2.92 bits per heavy atom. The Hall–Kier alpha value is -0.822. The van der Waals surface area contributed by atoms with Gasteiger partial charge in [-0.15, -0.1) is 0 Å². The first-order chi connectivity index (χ1) is 5.77. The minimum absolute atomic E-state index is 0. The van der Waals surface area contributed by atoms with Crippen LogP contribution in [0.3, 0.4) is 0 Å². The van der Waals surface area contributed by atoms with Crippen LogP contribution in [0, 0.1) is 0 Å². The fraction of sp³-hybridized carbons (Fsp3) is 0.222. The number of rotatable bonds is 1. The van der Waals surface area contributed by atoms with Gasteiger partial charge in [0.1, 0.15) is 0 Å². The Morgan fingerprint density at radius 2 is 2.23 bits per heavy atom. The van der Waals surface area contributed by atoms with Crippen molar-refractivity contribution in [2.45, 2.75) is 6.42 Å². The Morgan fingerprint density at radius 1 is 1.46 bits per heavy atom. The van der Waals surface area contributed by atoms with Crippen LogP contribution >= 0.6 is 0 Å². The largest absolute Gasteiger partial charge is 0.478 e. The molecule has 0 saturated heterocycles. The van der Waals surface area contributed by atoms with E-state index in [0.29, 0.717) is 5.56 Å². The third kappa shape index (κ3) is 1.91. The van der Waals surface area contributed by atoms with E-state index < -0.39 is 5.97 Å². The first-order valence-electron chi connectivity index (χ1n) is 3.87. The number of nitrogens with one attached hydrogen (secondary N) is 1. The molecule has 0 spiro atoms. The molecule has 0 fully saturated rings. The summed E-state index contributed by atoms with van der Waals surface area (Å²) >= 11 is 0. The summed E-state index contributed by atoms with van der Waals surface area (Å²) in [7, 11) is 0. The summed E-state index contributed by atoms with van der Waals surface area (Å²) in [6, 6.07) is 5.21. The van der Waals surface area contributed by atoms with Crippen molar-refractivity contribution in [2.75, 3.05) is 11.9 Å². The maximum absolute atomic E-state index is 10.6. The number of carboxylic acid groups (broad SMARTS) is 1. The quantitative estimate of drug-likeness (QED) is 0.807. The summed E-state index contributed by atoms with van der Waals surface area (Å²) in [5, 5.41) is 11.8. The molecule has 0 bridgehead atoms. The number of fused-ring (bicyclic) bond motifs is 1. The van der Waals surface area contributed by atoms with Gasteiger partial charge in [0.25, 0.3) is 0 Å². The molecule has 0 atom stereocenters. The molecule has 0 saturated carbocycles. The van der Waals surface area contributed by atoms with Gasteiger partial charge in [0, 0.05) is 33.3 Å². The van der Waals surface area contributed by atoms with Gasteiger partial charge in [0.05, 0.1) is 5.56 Å². The molecule has 1 heterocycles. The molecule has 1 aromatic rings. The van der Waals surface area contributed by atoms with E-state index in [1.54, 1.807) is 12.1 Å². The van der Waals surface area contributed by atoms with E-state index in [-0.39, 0.29) is 21.1 Å². The van der Waals surface area contributed by atoms with Gasteiger partial charge >= 0.3 is 5.97 Å². The van der Waals surface area contributed by atoms with Gasteiger partial charge in [0.15, 0.2) is 0 Å². The zero-order chi connectivity index (χ0) is 8.55. The Bertz CT molecular complexity index is 338. The number of hydrogen-bond acceptors (Lipinski definition) is 2. The summed E-state index contributed by atoms with van der Waals surface area (Å²) in [6.45, 7) is 0.915. The molecule has 1 aromatic carbocycles. The molecule has 0 amide bonds. The molecule has 2 N–H and O–H groups in total. The van der Waals surface area contributed by atoms with Crippen LogP contribution in [-0.2, 0) is 27.5 Å². The van der Waals surface area contributed by atoms with Gasteiger partial charge in [-0.25, -0.2) is 4.79 Å². The first-order valence-corrected chi connectivity index (χ1v) is 3.87. The molecule has 0 unspecified atom stereocenters. The van der Waals surface area contributed by atoms with Crippen molar-refractivity contribution in [1.82, 2.24) is 0 Å². The Labute approximate surface area is 90.4 Å². The second-order valence-corrected chi connectivity index (χ2v) is 2.85. The van der Waals surface area contributed by atoms with Gasteiger partial charge in [-0.2, -0.15) is 0 Å². The summed E-state index contributed by atoms with van der Waals surface area (Å²) in [4.78, 5) is 10.6. The van der Waals surface area contributed by atoms with E-state index in [2.05, 4.69) is 5.32 Å². The van der Waals surface area contributed by atoms with Crippen LogP contribution < -0.4 is 5.32 Å². The van der Waals surface area contributed by atoms with Crippen LogP contribution in [-0.4, -0.2) is 17.6 Å². The molecule has 4 heteroatoms. The van der Waals surface area contributed by atoms with E-state index in [1.807, 2.05) is 6.07 Å². The molecular formula is C9H9NO2W. The van der Waals surface area contributed by atoms with Crippen LogP contribution in [0.5, 0.6) is 0 Å². The fourth-order valence-electron chi connectivity index (χ4n) is 1.42. The molecular weight excluding hydrogens is 338 g/mol. The van der Waals surface area contributed by atoms with Gasteiger partial charge < -0.3 is 10.4 Å². The van der Waals surface area contributed by atoms with Crippen molar-refractivity contribution in [3.63, 3.8) is 0 Å². The molecule has 2 rings (SSSR count). The smallest absolute Gasteiger partial charge is 0.335 e. The van der Waals surface area contributed by atoms with Gasteiger partial charge in [-0.05, 0) is 24.1 Å². The first kappa shape index (κ1) is 10.3. The SMILES string of the molecule is O=C(O)c1ccc2c(c1)NCC2.[W]. The topological polar surface area (TPSA) is 49.3 Å². The number of carbonyl (C=O) groups is 1. The van der Waals surface area contributed by atoms with Crippen molar-refractivity contribution < 1.29 is 31.0 Å². The van der Waals surface area contributed by atoms with Crippen molar-refractivity contribution >= 4 is 11.7 Å². The molecule has 13 heavy (non-hydrogen) atoms. The number of anilines is 1.